The zero-order valence-corrected chi connectivity index (χ0v) is 7.34. The van der Waals surface area contributed by atoms with Gasteiger partial charge in [0.2, 0.25) is 0 Å². The van der Waals surface area contributed by atoms with Gasteiger partial charge in [0.05, 0.1) is 0 Å². The highest BCUT2D eigenvalue weighted by atomic mass is 35.5. The van der Waals surface area contributed by atoms with Crippen molar-refractivity contribution in [2.45, 2.75) is 17.5 Å². The lowest BCUT2D eigenvalue weighted by Crippen LogP contribution is -2.38. The standard InChI is InChI=1S/C7H5Cl2F3/c8-5-2-1-3-6(9,4-5)7(10,11)12/h1-3H,4H2. The van der Waals surface area contributed by atoms with Gasteiger partial charge in [-0.15, -0.1) is 11.6 Å². The molecule has 0 N–H and O–H groups in total. The Kier molecular flexibility index (Phi) is 2.45. The van der Waals surface area contributed by atoms with Crippen LogP contribution in [0, 0.1) is 0 Å². The zero-order valence-electron chi connectivity index (χ0n) is 5.83. The number of halogens is 5. The lowest BCUT2D eigenvalue weighted by Gasteiger charge is -2.27. The molecule has 0 saturated heterocycles. The summed E-state index contributed by atoms with van der Waals surface area (Å²) in [6.45, 7) is 0. The highest BCUT2D eigenvalue weighted by Gasteiger charge is 2.52. The monoisotopic (exact) mass is 216 g/mol. The fourth-order valence-corrected chi connectivity index (χ4v) is 1.43. The van der Waals surface area contributed by atoms with Gasteiger partial charge < -0.3 is 0 Å². The van der Waals surface area contributed by atoms with Crippen molar-refractivity contribution in [3.63, 3.8) is 0 Å². The minimum Gasteiger partial charge on any atom is -0.169 e. The number of hydrogen-bond acceptors (Lipinski definition) is 0. The Labute approximate surface area is 77.6 Å². The Morgan fingerprint density at radius 3 is 2.33 bits per heavy atom. The second-order valence-electron chi connectivity index (χ2n) is 2.51. The van der Waals surface area contributed by atoms with Crippen molar-refractivity contribution in [3.8, 4) is 0 Å². The average Bonchev–Trinajstić information content (AvgIpc) is 1.83. The Balaban J connectivity index is 2.90. The average molecular weight is 217 g/mol. The van der Waals surface area contributed by atoms with Crippen molar-refractivity contribution in [1.29, 1.82) is 0 Å². The van der Waals surface area contributed by atoms with Crippen molar-refractivity contribution >= 4 is 23.2 Å². The Bertz CT molecular complexity index is 242. The van der Waals surface area contributed by atoms with Gasteiger partial charge in [0.25, 0.3) is 0 Å². The van der Waals surface area contributed by atoms with Gasteiger partial charge in [-0.25, -0.2) is 0 Å². The maximum absolute atomic E-state index is 12.2. The van der Waals surface area contributed by atoms with E-state index in [-0.39, 0.29) is 5.03 Å². The van der Waals surface area contributed by atoms with Crippen LogP contribution in [0.2, 0.25) is 0 Å². The Morgan fingerprint density at radius 2 is 2.00 bits per heavy atom. The van der Waals surface area contributed by atoms with E-state index in [1.165, 1.54) is 12.2 Å². The van der Waals surface area contributed by atoms with Crippen molar-refractivity contribution < 1.29 is 13.2 Å². The number of hydrogen-bond donors (Lipinski definition) is 0. The maximum Gasteiger partial charge on any atom is 0.411 e. The summed E-state index contributed by atoms with van der Waals surface area (Å²) in [5.74, 6) is 0. The van der Waals surface area contributed by atoms with Gasteiger partial charge in [-0.3, -0.25) is 0 Å². The molecule has 1 rings (SSSR count). The minimum absolute atomic E-state index is 0.116. The van der Waals surface area contributed by atoms with Gasteiger partial charge >= 0.3 is 6.18 Å². The largest absolute Gasteiger partial charge is 0.411 e. The lowest BCUT2D eigenvalue weighted by atomic mass is 9.99. The van der Waals surface area contributed by atoms with Crippen LogP contribution in [0.5, 0.6) is 0 Å². The first-order valence-corrected chi connectivity index (χ1v) is 3.90. The quantitative estimate of drug-likeness (QED) is 0.543. The Morgan fingerprint density at radius 1 is 1.42 bits per heavy atom. The molecule has 0 aromatic heterocycles. The molecule has 0 bridgehead atoms. The predicted octanol–water partition coefficient (Wildman–Crippen LogP) is 3.61. The molecule has 12 heavy (non-hydrogen) atoms. The second kappa shape index (κ2) is 2.96. The van der Waals surface area contributed by atoms with Crippen LogP contribution in [-0.2, 0) is 0 Å². The van der Waals surface area contributed by atoms with Gasteiger partial charge in [0.15, 0.2) is 4.87 Å². The SMILES string of the molecule is FC(F)(F)C1(Cl)C=CC=C(Cl)C1. The van der Waals surface area contributed by atoms with Gasteiger partial charge in [0, 0.05) is 11.5 Å². The summed E-state index contributed by atoms with van der Waals surface area (Å²) in [6.07, 6.45) is -1.34. The molecule has 0 amide bonds. The molecule has 0 aromatic rings. The van der Waals surface area contributed by atoms with E-state index < -0.39 is 17.5 Å². The molecule has 0 fully saturated rings. The zero-order chi connectivity index (χ0) is 9.41. The molecular weight excluding hydrogens is 212 g/mol. The number of allylic oxidation sites excluding steroid dienone is 4. The fraction of sp³-hybridized carbons (Fsp3) is 0.429. The van der Waals surface area contributed by atoms with Gasteiger partial charge in [-0.2, -0.15) is 13.2 Å². The summed E-state index contributed by atoms with van der Waals surface area (Å²) in [7, 11) is 0. The van der Waals surface area contributed by atoms with Crippen LogP contribution in [0.25, 0.3) is 0 Å². The normalized spacial score (nSPS) is 30.2. The maximum atomic E-state index is 12.2. The molecule has 0 spiro atoms. The van der Waals surface area contributed by atoms with E-state index in [0.717, 1.165) is 6.08 Å². The molecule has 0 radical (unpaired) electrons. The number of alkyl halides is 4. The molecule has 0 nitrogen and oxygen atoms in total. The van der Waals surface area contributed by atoms with E-state index in [1.807, 2.05) is 0 Å². The summed E-state index contributed by atoms with van der Waals surface area (Å²) in [6, 6.07) is 0. The molecule has 1 aliphatic rings. The van der Waals surface area contributed by atoms with Gasteiger partial charge in [-0.1, -0.05) is 23.8 Å². The van der Waals surface area contributed by atoms with Crippen molar-refractivity contribution in [3.05, 3.63) is 23.3 Å². The topological polar surface area (TPSA) is 0 Å². The summed E-state index contributed by atoms with van der Waals surface area (Å²) in [5, 5.41) is 0.116. The van der Waals surface area contributed by atoms with Crippen molar-refractivity contribution in [1.82, 2.24) is 0 Å². The van der Waals surface area contributed by atoms with E-state index in [9.17, 15) is 13.2 Å². The minimum atomic E-state index is -4.46. The summed E-state index contributed by atoms with van der Waals surface area (Å²) < 4.78 is 36.7. The third-order valence-electron chi connectivity index (χ3n) is 1.53. The second-order valence-corrected chi connectivity index (χ2v) is 3.67. The summed E-state index contributed by atoms with van der Waals surface area (Å²) >= 11 is 10.7. The van der Waals surface area contributed by atoms with Gasteiger partial charge in [-0.05, 0) is 6.08 Å². The van der Waals surface area contributed by atoms with Crippen LogP contribution < -0.4 is 0 Å². The first kappa shape index (κ1) is 9.93. The highest BCUT2D eigenvalue weighted by molar-refractivity contribution is 6.32. The molecule has 0 heterocycles. The third-order valence-corrected chi connectivity index (χ3v) is 2.27. The van der Waals surface area contributed by atoms with E-state index in [1.54, 1.807) is 0 Å². The van der Waals surface area contributed by atoms with Gasteiger partial charge in [0.1, 0.15) is 0 Å². The first-order chi connectivity index (χ1) is 5.35. The summed E-state index contributed by atoms with van der Waals surface area (Å²) in [4.78, 5) is -2.32. The third kappa shape index (κ3) is 1.77. The molecule has 0 aromatic carbocycles. The molecule has 1 unspecified atom stereocenters. The van der Waals surface area contributed by atoms with Crippen molar-refractivity contribution in [2.24, 2.45) is 0 Å². The van der Waals surface area contributed by atoms with Crippen molar-refractivity contribution in [2.75, 3.05) is 0 Å². The molecule has 1 aliphatic carbocycles. The molecule has 1 atom stereocenters. The van der Waals surface area contributed by atoms with Crippen LogP contribution in [0.1, 0.15) is 6.42 Å². The van der Waals surface area contributed by atoms with E-state index in [0.29, 0.717) is 0 Å². The van der Waals surface area contributed by atoms with E-state index in [4.69, 9.17) is 23.2 Å². The highest BCUT2D eigenvalue weighted by Crippen LogP contribution is 2.44. The predicted molar refractivity (Wildman–Crippen MR) is 42.3 cm³/mol. The number of rotatable bonds is 0. The Hall–Kier alpha value is -0.150. The smallest absolute Gasteiger partial charge is 0.169 e. The summed E-state index contributed by atoms with van der Waals surface area (Å²) in [5.41, 5.74) is 0. The van der Waals surface area contributed by atoms with Crippen LogP contribution in [-0.4, -0.2) is 11.1 Å². The van der Waals surface area contributed by atoms with E-state index in [2.05, 4.69) is 0 Å². The fourth-order valence-electron chi connectivity index (χ4n) is 0.863. The van der Waals surface area contributed by atoms with Crippen LogP contribution in [0.3, 0.4) is 0 Å². The first-order valence-electron chi connectivity index (χ1n) is 3.15. The molecular formula is C7H5Cl2F3. The molecule has 0 saturated carbocycles. The molecule has 5 heteroatoms. The van der Waals surface area contributed by atoms with Crippen LogP contribution in [0.15, 0.2) is 23.3 Å². The van der Waals surface area contributed by atoms with Crippen LogP contribution >= 0.6 is 23.2 Å². The van der Waals surface area contributed by atoms with E-state index >= 15 is 0 Å². The molecule has 0 aliphatic heterocycles. The lowest BCUT2D eigenvalue weighted by molar-refractivity contribution is -0.149. The van der Waals surface area contributed by atoms with Crippen LogP contribution in [0.4, 0.5) is 13.2 Å². The molecule has 68 valence electrons.